The van der Waals surface area contributed by atoms with Gasteiger partial charge in [-0.15, -0.1) is 11.6 Å². The Balaban J connectivity index is 2.51. The second-order valence-electron chi connectivity index (χ2n) is 4.61. The van der Waals surface area contributed by atoms with E-state index in [-0.39, 0.29) is 0 Å². The first-order chi connectivity index (χ1) is 8.71. The summed E-state index contributed by atoms with van der Waals surface area (Å²) in [7, 11) is 0. The molecule has 1 atom stereocenters. The summed E-state index contributed by atoms with van der Waals surface area (Å²) < 4.78 is 6.92. The molecule has 0 bridgehead atoms. The van der Waals surface area contributed by atoms with Gasteiger partial charge < -0.3 is 4.74 Å². The lowest BCUT2D eigenvalue weighted by molar-refractivity contribution is 0.233. The molecule has 1 unspecified atom stereocenters. The topological polar surface area (TPSA) is 9.23 Å². The van der Waals surface area contributed by atoms with Gasteiger partial charge in [-0.1, -0.05) is 49.0 Å². The Bertz CT molecular complexity index is 354. The van der Waals surface area contributed by atoms with Crippen molar-refractivity contribution in [3.8, 4) is 5.75 Å². The van der Waals surface area contributed by atoms with E-state index in [4.69, 9.17) is 16.3 Å². The van der Waals surface area contributed by atoms with Crippen LogP contribution in [0.15, 0.2) is 22.7 Å². The summed E-state index contributed by atoms with van der Waals surface area (Å²) in [5.74, 6) is 2.09. The third-order valence-electron chi connectivity index (χ3n) is 3.19. The molecule has 0 amide bonds. The highest BCUT2D eigenvalue weighted by Gasteiger charge is 2.08. The van der Waals surface area contributed by atoms with Crippen molar-refractivity contribution in [3.63, 3.8) is 0 Å². The van der Waals surface area contributed by atoms with E-state index >= 15 is 0 Å². The summed E-state index contributed by atoms with van der Waals surface area (Å²) in [5, 5.41) is 0. The predicted octanol–water partition coefficient (Wildman–Crippen LogP) is 5.78. The molecule has 0 aliphatic carbocycles. The van der Waals surface area contributed by atoms with Gasteiger partial charge in [0, 0.05) is 10.4 Å². The maximum absolute atomic E-state index is 5.88. The van der Waals surface area contributed by atoms with Gasteiger partial charge >= 0.3 is 0 Å². The summed E-state index contributed by atoms with van der Waals surface area (Å²) in [6.45, 7) is 5.27. The van der Waals surface area contributed by atoms with Crippen LogP contribution in [0, 0.1) is 5.92 Å². The average molecular weight is 334 g/mol. The summed E-state index contributed by atoms with van der Waals surface area (Å²) in [6.07, 6.45) is 4.98. The molecule has 0 fully saturated rings. The molecule has 0 aliphatic heterocycles. The van der Waals surface area contributed by atoms with E-state index in [9.17, 15) is 0 Å². The molecule has 3 heteroatoms. The molecular weight excluding hydrogens is 312 g/mol. The lowest BCUT2D eigenvalue weighted by Crippen LogP contribution is -2.11. The molecule has 1 nitrogen and oxygen atoms in total. The molecule has 1 aromatic carbocycles. The van der Waals surface area contributed by atoms with Gasteiger partial charge in [-0.05, 0) is 36.1 Å². The Morgan fingerprint density at radius 3 is 2.72 bits per heavy atom. The van der Waals surface area contributed by atoms with E-state index in [0.717, 1.165) is 22.4 Å². The molecule has 0 N–H and O–H groups in total. The summed E-state index contributed by atoms with van der Waals surface area (Å²) >= 11 is 9.36. The first-order valence-corrected chi connectivity index (χ1v) is 8.01. The molecule has 0 radical (unpaired) electrons. The number of alkyl halides is 1. The van der Waals surface area contributed by atoms with Gasteiger partial charge in [0.25, 0.3) is 0 Å². The number of ether oxygens (including phenoxy) is 1. The number of halogens is 2. The van der Waals surface area contributed by atoms with Gasteiger partial charge in [-0.3, -0.25) is 0 Å². The minimum Gasteiger partial charge on any atom is -0.493 e. The third-order valence-corrected chi connectivity index (χ3v) is 4.25. The van der Waals surface area contributed by atoms with E-state index in [2.05, 4.69) is 29.8 Å². The van der Waals surface area contributed by atoms with Crippen LogP contribution in [0.3, 0.4) is 0 Å². The fourth-order valence-corrected chi connectivity index (χ4v) is 2.62. The second kappa shape index (κ2) is 8.82. The highest BCUT2D eigenvalue weighted by Crippen LogP contribution is 2.25. The van der Waals surface area contributed by atoms with E-state index < -0.39 is 0 Å². The zero-order valence-corrected chi connectivity index (χ0v) is 13.6. The molecule has 0 saturated carbocycles. The Morgan fingerprint density at radius 2 is 2.11 bits per heavy atom. The first kappa shape index (κ1) is 15.8. The molecule has 0 aromatic heterocycles. The normalized spacial score (nSPS) is 12.4. The Labute approximate surface area is 124 Å². The number of unbranched alkanes of at least 4 members (excludes halogenated alkanes) is 1. The molecule has 0 heterocycles. The smallest absolute Gasteiger partial charge is 0.119 e. The standard InChI is InChI=1S/C15H22BrClO/c1-3-5-6-12(4-2)11-18-14-7-8-15(16)13(9-14)10-17/h7-9,12H,3-6,10-11H2,1-2H3. The number of rotatable bonds is 8. The van der Waals surface area contributed by atoms with Gasteiger partial charge in [-0.25, -0.2) is 0 Å². The minimum atomic E-state index is 0.505. The van der Waals surface area contributed by atoms with Gasteiger partial charge in [0.05, 0.1) is 6.61 Å². The fraction of sp³-hybridized carbons (Fsp3) is 0.600. The predicted molar refractivity (Wildman–Crippen MR) is 82.5 cm³/mol. The van der Waals surface area contributed by atoms with Crippen LogP contribution in [0.5, 0.6) is 5.75 Å². The number of hydrogen-bond acceptors (Lipinski definition) is 1. The lowest BCUT2D eigenvalue weighted by Gasteiger charge is -2.16. The Hall–Kier alpha value is -0.210. The molecule has 1 aromatic rings. The molecule has 18 heavy (non-hydrogen) atoms. The summed E-state index contributed by atoms with van der Waals surface area (Å²) in [6, 6.07) is 6.01. The number of hydrogen-bond donors (Lipinski definition) is 0. The third kappa shape index (κ3) is 5.19. The van der Waals surface area contributed by atoms with Crippen molar-refractivity contribution >= 4 is 27.5 Å². The fourth-order valence-electron chi connectivity index (χ4n) is 1.86. The van der Waals surface area contributed by atoms with Crippen molar-refractivity contribution in [3.05, 3.63) is 28.2 Å². The molecule has 0 spiro atoms. The van der Waals surface area contributed by atoms with Crippen LogP contribution in [-0.2, 0) is 5.88 Å². The van der Waals surface area contributed by atoms with E-state index in [0.29, 0.717) is 11.8 Å². The van der Waals surface area contributed by atoms with Crippen LogP contribution in [0.4, 0.5) is 0 Å². The van der Waals surface area contributed by atoms with Crippen molar-refractivity contribution in [1.82, 2.24) is 0 Å². The maximum Gasteiger partial charge on any atom is 0.119 e. The average Bonchev–Trinajstić information content (AvgIpc) is 2.40. The molecule has 0 saturated heterocycles. The Kier molecular flexibility index (Phi) is 7.76. The molecular formula is C15H22BrClO. The van der Waals surface area contributed by atoms with Gasteiger partial charge in [0.1, 0.15) is 5.75 Å². The van der Waals surface area contributed by atoms with E-state index in [1.54, 1.807) is 0 Å². The van der Waals surface area contributed by atoms with Crippen molar-refractivity contribution < 1.29 is 4.74 Å². The van der Waals surface area contributed by atoms with Crippen LogP contribution in [-0.4, -0.2) is 6.61 Å². The minimum absolute atomic E-state index is 0.505. The Morgan fingerprint density at radius 1 is 1.33 bits per heavy atom. The largest absolute Gasteiger partial charge is 0.493 e. The van der Waals surface area contributed by atoms with Crippen LogP contribution >= 0.6 is 27.5 Å². The van der Waals surface area contributed by atoms with Crippen LogP contribution in [0.2, 0.25) is 0 Å². The van der Waals surface area contributed by atoms with Crippen LogP contribution < -0.4 is 4.74 Å². The van der Waals surface area contributed by atoms with Gasteiger partial charge in [0.2, 0.25) is 0 Å². The van der Waals surface area contributed by atoms with Crippen molar-refractivity contribution in [1.29, 1.82) is 0 Å². The van der Waals surface area contributed by atoms with Crippen LogP contribution in [0.25, 0.3) is 0 Å². The van der Waals surface area contributed by atoms with Gasteiger partial charge in [0.15, 0.2) is 0 Å². The number of benzene rings is 1. The SMILES string of the molecule is CCCCC(CC)COc1ccc(Br)c(CCl)c1. The van der Waals surface area contributed by atoms with Gasteiger partial charge in [-0.2, -0.15) is 0 Å². The van der Waals surface area contributed by atoms with Crippen molar-refractivity contribution in [2.24, 2.45) is 5.92 Å². The zero-order chi connectivity index (χ0) is 13.4. The lowest BCUT2D eigenvalue weighted by atomic mass is 10.0. The maximum atomic E-state index is 5.88. The second-order valence-corrected chi connectivity index (χ2v) is 5.74. The quantitative estimate of drug-likeness (QED) is 0.548. The molecule has 0 aliphatic rings. The van der Waals surface area contributed by atoms with Crippen LogP contribution in [0.1, 0.15) is 45.1 Å². The van der Waals surface area contributed by atoms with Crippen molar-refractivity contribution in [2.45, 2.75) is 45.4 Å². The zero-order valence-electron chi connectivity index (χ0n) is 11.2. The molecule has 102 valence electrons. The van der Waals surface area contributed by atoms with E-state index in [1.165, 1.54) is 25.7 Å². The summed E-state index contributed by atoms with van der Waals surface area (Å²) in [5.41, 5.74) is 1.08. The molecule has 1 rings (SSSR count). The monoisotopic (exact) mass is 332 g/mol. The highest BCUT2D eigenvalue weighted by molar-refractivity contribution is 9.10. The van der Waals surface area contributed by atoms with E-state index in [1.807, 2.05) is 18.2 Å². The van der Waals surface area contributed by atoms with Crippen molar-refractivity contribution in [2.75, 3.05) is 6.61 Å². The first-order valence-electron chi connectivity index (χ1n) is 6.68. The summed E-state index contributed by atoms with van der Waals surface area (Å²) in [4.78, 5) is 0. The highest BCUT2D eigenvalue weighted by atomic mass is 79.9.